The highest BCUT2D eigenvalue weighted by Gasteiger charge is 2.56. The molecule has 4 unspecified atom stereocenters. The Morgan fingerprint density at radius 3 is 2.52 bits per heavy atom. The smallest absolute Gasteiger partial charge is 0.233 e. The lowest BCUT2D eigenvalue weighted by atomic mass is 9.59. The third kappa shape index (κ3) is 2.63. The zero-order chi connectivity index (χ0) is 22.0. The second-order valence-corrected chi connectivity index (χ2v) is 8.71. The Balaban J connectivity index is 1.72. The minimum atomic E-state index is -0.602. The first-order valence-corrected chi connectivity index (χ1v) is 10.7. The standard InChI is InChI=1S/C25H23NO5/c1-3-26-24(30)15-9-8-13-16(21(15)25(26)31)11-17-19(28)10-12(2)23(29)22(17)20(13)14-6-4-5-7-18(14)27/h4-8,10,15-16,20-21,27H,3,9,11H2,1-2H3. The summed E-state index contributed by atoms with van der Waals surface area (Å²) in [4.78, 5) is 53.4. The number of rotatable bonds is 2. The summed E-state index contributed by atoms with van der Waals surface area (Å²) in [6.45, 7) is 3.73. The maximum Gasteiger partial charge on any atom is 0.233 e. The van der Waals surface area contributed by atoms with Crippen molar-refractivity contribution in [3.05, 3.63) is 64.3 Å². The third-order valence-electron chi connectivity index (χ3n) is 7.22. The van der Waals surface area contributed by atoms with Crippen LogP contribution in [0.25, 0.3) is 0 Å². The quantitative estimate of drug-likeness (QED) is 0.454. The zero-order valence-corrected chi connectivity index (χ0v) is 17.4. The fourth-order valence-corrected chi connectivity index (χ4v) is 5.83. The molecule has 1 aromatic carbocycles. The highest BCUT2D eigenvalue weighted by atomic mass is 16.3. The lowest BCUT2D eigenvalue weighted by Gasteiger charge is -2.42. The molecule has 31 heavy (non-hydrogen) atoms. The molecule has 0 aromatic heterocycles. The molecule has 2 amide bonds. The largest absolute Gasteiger partial charge is 0.508 e. The Hall–Kier alpha value is -3.28. The molecule has 5 rings (SSSR count). The van der Waals surface area contributed by atoms with Crippen LogP contribution in [0.1, 0.15) is 38.2 Å². The summed E-state index contributed by atoms with van der Waals surface area (Å²) in [5, 5.41) is 10.6. The molecular formula is C25H23NO5. The molecule has 0 spiro atoms. The number of ketones is 2. The van der Waals surface area contributed by atoms with Gasteiger partial charge in [-0.15, -0.1) is 0 Å². The summed E-state index contributed by atoms with van der Waals surface area (Å²) in [6.07, 6.45) is 4.00. The fraction of sp³-hybridized carbons (Fsp3) is 0.360. The summed E-state index contributed by atoms with van der Waals surface area (Å²) in [7, 11) is 0. The van der Waals surface area contributed by atoms with Gasteiger partial charge in [-0.05, 0) is 44.7 Å². The lowest BCUT2D eigenvalue weighted by molar-refractivity contribution is -0.139. The summed E-state index contributed by atoms with van der Waals surface area (Å²) >= 11 is 0. The number of imide groups is 1. The van der Waals surface area contributed by atoms with Crippen LogP contribution in [0.15, 0.2) is 58.7 Å². The van der Waals surface area contributed by atoms with E-state index in [1.165, 1.54) is 11.0 Å². The topological polar surface area (TPSA) is 91.8 Å². The molecule has 158 valence electrons. The maximum absolute atomic E-state index is 13.2. The van der Waals surface area contributed by atoms with Crippen molar-refractivity contribution in [3.63, 3.8) is 0 Å². The van der Waals surface area contributed by atoms with Gasteiger partial charge in [-0.1, -0.05) is 29.8 Å². The van der Waals surface area contributed by atoms with E-state index in [-0.39, 0.29) is 41.5 Å². The Kier molecular flexibility index (Phi) is 4.36. The van der Waals surface area contributed by atoms with Gasteiger partial charge >= 0.3 is 0 Å². The molecule has 1 saturated heterocycles. The first-order chi connectivity index (χ1) is 14.8. The van der Waals surface area contributed by atoms with Gasteiger partial charge in [-0.3, -0.25) is 24.1 Å². The Labute approximate surface area is 179 Å². The summed E-state index contributed by atoms with van der Waals surface area (Å²) in [6, 6.07) is 6.81. The molecule has 1 aromatic rings. The van der Waals surface area contributed by atoms with Gasteiger partial charge in [0.05, 0.1) is 11.8 Å². The minimum Gasteiger partial charge on any atom is -0.508 e. The van der Waals surface area contributed by atoms with Crippen molar-refractivity contribution in [3.8, 4) is 5.75 Å². The fourth-order valence-electron chi connectivity index (χ4n) is 5.83. The van der Waals surface area contributed by atoms with E-state index in [0.29, 0.717) is 35.2 Å². The van der Waals surface area contributed by atoms with Crippen LogP contribution in [0.5, 0.6) is 5.75 Å². The molecule has 1 fully saturated rings. The van der Waals surface area contributed by atoms with E-state index in [1.807, 2.05) is 6.08 Å². The van der Waals surface area contributed by atoms with E-state index in [2.05, 4.69) is 0 Å². The molecule has 4 aliphatic rings. The number of Topliss-reactive ketones (excluding diaryl/α,β-unsaturated/α-hetero) is 1. The van der Waals surface area contributed by atoms with E-state index >= 15 is 0 Å². The molecule has 1 heterocycles. The second kappa shape index (κ2) is 6.87. The molecule has 1 aliphatic heterocycles. The van der Waals surface area contributed by atoms with Crippen molar-refractivity contribution in [2.45, 2.75) is 32.6 Å². The van der Waals surface area contributed by atoms with Crippen molar-refractivity contribution in [1.82, 2.24) is 4.90 Å². The van der Waals surface area contributed by atoms with Gasteiger partial charge < -0.3 is 5.11 Å². The average molecular weight is 417 g/mol. The van der Waals surface area contributed by atoms with E-state index in [1.54, 1.807) is 38.1 Å². The number of carbonyl (C=O) groups is 4. The predicted molar refractivity (Wildman–Crippen MR) is 112 cm³/mol. The van der Waals surface area contributed by atoms with Crippen LogP contribution in [0, 0.1) is 17.8 Å². The molecule has 1 N–H and O–H groups in total. The number of benzene rings is 1. The molecule has 6 heteroatoms. The maximum atomic E-state index is 13.2. The number of para-hydroxylation sites is 1. The number of hydrogen-bond donors (Lipinski definition) is 1. The van der Waals surface area contributed by atoms with Crippen LogP contribution >= 0.6 is 0 Å². The number of phenolic OH excluding ortho intramolecular Hbond substituents is 1. The number of nitrogens with zero attached hydrogens (tertiary/aromatic N) is 1. The lowest BCUT2D eigenvalue weighted by Crippen LogP contribution is -2.39. The minimum absolute atomic E-state index is 0.0412. The van der Waals surface area contributed by atoms with Crippen LogP contribution in [0.4, 0.5) is 0 Å². The van der Waals surface area contributed by atoms with Gasteiger partial charge in [0.15, 0.2) is 11.6 Å². The first-order valence-electron chi connectivity index (χ1n) is 10.7. The predicted octanol–water partition coefficient (Wildman–Crippen LogP) is 2.84. The Morgan fingerprint density at radius 1 is 1.06 bits per heavy atom. The van der Waals surface area contributed by atoms with Crippen molar-refractivity contribution >= 4 is 23.4 Å². The van der Waals surface area contributed by atoms with Crippen LogP contribution < -0.4 is 0 Å². The molecule has 0 radical (unpaired) electrons. The molecule has 4 atom stereocenters. The zero-order valence-electron chi connectivity index (χ0n) is 17.4. The van der Waals surface area contributed by atoms with Crippen molar-refractivity contribution in [2.75, 3.05) is 6.54 Å². The van der Waals surface area contributed by atoms with Gasteiger partial charge in [-0.25, -0.2) is 0 Å². The number of amides is 2. The first kappa shape index (κ1) is 19.7. The Bertz CT molecular complexity index is 1150. The monoisotopic (exact) mass is 417 g/mol. The van der Waals surface area contributed by atoms with Crippen LogP contribution in [-0.4, -0.2) is 39.9 Å². The number of likely N-dealkylation sites (tertiary alicyclic amines) is 1. The number of fused-ring (bicyclic) bond motifs is 3. The summed E-state index contributed by atoms with van der Waals surface area (Å²) in [5.74, 6) is -2.66. The van der Waals surface area contributed by atoms with E-state index in [4.69, 9.17) is 0 Å². The van der Waals surface area contributed by atoms with Crippen molar-refractivity contribution in [2.24, 2.45) is 17.8 Å². The van der Waals surface area contributed by atoms with Crippen molar-refractivity contribution < 1.29 is 24.3 Å². The number of carbonyl (C=O) groups excluding carboxylic acids is 4. The van der Waals surface area contributed by atoms with E-state index in [0.717, 1.165) is 5.57 Å². The molecule has 6 nitrogen and oxygen atoms in total. The van der Waals surface area contributed by atoms with Gasteiger partial charge in [0.2, 0.25) is 11.8 Å². The molecule has 0 saturated carbocycles. The number of hydrogen-bond acceptors (Lipinski definition) is 5. The SMILES string of the molecule is CCN1C(=O)C2CC=C3C(c4ccccc4O)C4=C(CC3C2C1=O)C(=O)C=C(C)C4=O. The van der Waals surface area contributed by atoms with Crippen molar-refractivity contribution in [1.29, 1.82) is 0 Å². The van der Waals surface area contributed by atoms with Crippen LogP contribution in [0.3, 0.4) is 0 Å². The molecular weight excluding hydrogens is 394 g/mol. The highest BCUT2D eigenvalue weighted by molar-refractivity contribution is 6.23. The van der Waals surface area contributed by atoms with Gasteiger partial charge in [-0.2, -0.15) is 0 Å². The Morgan fingerprint density at radius 2 is 1.81 bits per heavy atom. The number of phenols is 1. The van der Waals surface area contributed by atoms with Gasteiger partial charge in [0.25, 0.3) is 0 Å². The van der Waals surface area contributed by atoms with Crippen LogP contribution in [0.2, 0.25) is 0 Å². The van der Waals surface area contributed by atoms with Crippen LogP contribution in [-0.2, 0) is 19.2 Å². The average Bonchev–Trinajstić information content (AvgIpc) is 3.01. The van der Waals surface area contributed by atoms with Gasteiger partial charge in [0, 0.05) is 34.7 Å². The second-order valence-electron chi connectivity index (χ2n) is 8.71. The summed E-state index contributed by atoms with van der Waals surface area (Å²) in [5.41, 5.74) is 2.58. The molecule has 0 bridgehead atoms. The summed E-state index contributed by atoms with van der Waals surface area (Å²) < 4.78 is 0. The third-order valence-corrected chi connectivity index (χ3v) is 7.22. The highest BCUT2D eigenvalue weighted by Crippen LogP contribution is 2.55. The number of allylic oxidation sites excluding steroid dienone is 6. The molecule has 3 aliphatic carbocycles. The van der Waals surface area contributed by atoms with Gasteiger partial charge in [0.1, 0.15) is 5.75 Å². The number of aromatic hydroxyl groups is 1. The normalized spacial score (nSPS) is 30.1. The van der Waals surface area contributed by atoms with E-state index < -0.39 is 17.8 Å². The van der Waals surface area contributed by atoms with E-state index in [9.17, 15) is 24.3 Å².